The van der Waals surface area contributed by atoms with Gasteiger partial charge in [0.1, 0.15) is 12.4 Å². The van der Waals surface area contributed by atoms with Gasteiger partial charge in [0.05, 0.1) is 17.7 Å². The Bertz CT molecular complexity index is 630. The summed E-state index contributed by atoms with van der Waals surface area (Å²) in [4.78, 5) is 23.4. The summed E-state index contributed by atoms with van der Waals surface area (Å²) in [5, 5.41) is 6.46. The van der Waals surface area contributed by atoms with Gasteiger partial charge in [0.25, 0.3) is 5.91 Å². The van der Waals surface area contributed by atoms with E-state index >= 15 is 0 Å². The summed E-state index contributed by atoms with van der Waals surface area (Å²) in [5.41, 5.74) is 2.05. The van der Waals surface area contributed by atoms with Gasteiger partial charge in [-0.05, 0) is 26.0 Å². The predicted molar refractivity (Wildman–Crippen MR) is 79.2 cm³/mol. The number of benzene rings is 1. The average molecular weight is 302 g/mol. The molecule has 0 spiro atoms. The molecule has 0 saturated heterocycles. The van der Waals surface area contributed by atoms with Crippen molar-refractivity contribution in [3.05, 3.63) is 52.9 Å². The van der Waals surface area contributed by atoms with Gasteiger partial charge in [-0.3, -0.25) is 9.59 Å². The van der Waals surface area contributed by atoms with Gasteiger partial charge in [0.2, 0.25) is 0 Å². The predicted octanol–water partition coefficient (Wildman–Crippen LogP) is 2.15. The number of aromatic nitrogens is 1. The Kier molecular flexibility index (Phi) is 5.30. The van der Waals surface area contributed by atoms with Crippen LogP contribution < -0.4 is 5.32 Å². The first-order chi connectivity index (χ1) is 10.6. The molecule has 0 fully saturated rings. The molecule has 0 saturated carbocycles. The quantitative estimate of drug-likeness (QED) is 0.827. The molecular weight excluding hydrogens is 284 g/mol. The fraction of sp³-hybridized carbons (Fsp3) is 0.312. The molecule has 6 heteroatoms. The van der Waals surface area contributed by atoms with Gasteiger partial charge < -0.3 is 14.6 Å². The first kappa shape index (κ1) is 15.8. The fourth-order valence-electron chi connectivity index (χ4n) is 1.90. The van der Waals surface area contributed by atoms with Crippen molar-refractivity contribution in [1.29, 1.82) is 0 Å². The highest BCUT2D eigenvalue weighted by Gasteiger charge is 2.12. The van der Waals surface area contributed by atoms with Crippen LogP contribution in [0.25, 0.3) is 0 Å². The number of hydrogen-bond donors (Lipinski definition) is 1. The minimum absolute atomic E-state index is 0.113. The second-order valence-corrected chi connectivity index (χ2v) is 4.84. The molecule has 0 aliphatic heterocycles. The van der Waals surface area contributed by atoms with Crippen LogP contribution >= 0.6 is 0 Å². The summed E-state index contributed by atoms with van der Waals surface area (Å²) in [5.74, 6) is 0.0511. The molecule has 2 rings (SSSR count). The molecule has 1 heterocycles. The first-order valence-electron chi connectivity index (χ1n) is 6.98. The molecule has 0 bridgehead atoms. The molecule has 0 aliphatic carbocycles. The number of ether oxygens (including phenoxy) is 1. The number of nitrogens with zero attached hydrogens (tertiary/aromatic N) is 1. The van der Waals surface area contributed by atoms with E-state index < -0.39 is 0 Å². The summed E-state index contributed by atoms with van der Waals surface area (Å²) < 4.78 is 10.1. The molecule has 1 N–H and O–H groups in total. The smallest absolute Gasteiger partial charge is 0.307 e. The zero-order valence-electron chi connectivity index (χ0n) is 12.6. The van der Waals surface area contributed by atoms with Crippen molar-refractivity contribution in [2.24, 2.45) is 0 Å². The molecule has 0 radical (unpaired) electrons. The van der Waals surface area contributed by atoms with Gasteiger partial charge in [-0.15, -0.1) is 0 Å². The van der Waals surface area contributed by atoms with Crippen LogP contribution in [0.15, 0.2) is 34.9 Å². The first-order valence-corrected chi connectivity index (χ1v) is 6.98. The Balaban J connectivity index is 1.71. The standard InChI is InChI=1S/C16H18N2O4/c1-11-14(12(2)22-18-11)10-21-15(19)8-9-17-16(20)13-6-4-3-5-7-13/h3-7H,8-10H2,1-2H3,(H,17,20). The van der Waals surface area contributed by atoms with Crippen LogP contribution in [0.5, 0.6) is 0 Å². The molecular formula is C16H18N2O4. The van der Waals surface area contributed by atoms with E-state index in [9.17, 15) is 9.59 Å². The maximum absolute atomic E-state index is 11.8. The minimum Gasteiger partial charge on any atom is -0.461 e. The van der Waals surface area contributed by atoms with E-state index in [1.165, 1.54) is 0 Å². The van der Waals surface area contributed by atoms with E-state index in [4.69, 9.17) is 9.26 Å². The number of aryl methyl sites for hydroxylation is 2. The van der Waals surface area contributed by atoms with Crippen LogP contribution in [-0.2, 0) is 16.1 Å². The Hall–Kier alpha value is -2.63. The molecule has 0 aliphatic rings. The number of nitrogens with one attached hydrogen (secondary N) is 1. The highest BCUT2D eigenvalue weighted by Crippen LogP contribution is 2.13. The summed E-state index contributed by atoms with van der Waals surface area (Å²) >= 11 is 0. The average Bonchev–Trinajstić information content (AvgIpc) is 2.84. The maximum atomic E-state index is 11.8. The third-order valence-corrected chi connectivity index (χ3v) is 3.21. The van der Waals surface area contributed by atoms with Gasteiger partial charge in [0, 0.05) is 12.1 Å². The van der Waals surface area contributed by atoms with Crippen LogP contribution in [-0.4, -0.2) is 23.6 Å². The number of esters is 1. The molecule has 1 aromatic heterocycles. The summed E-state index contributed by atoms with van der Waals surface area (Å²) in [6.45, 7) is 3.92. The monoisotopic (exact) mass is 302 g/mol. The van der Waals surface area contributed by atoms with Crippen LogP contribution in [0.2, 0.25) is 0 Å². The minimum atomic E-state index is -0.381. The summed E-state index contributed by atoms with van der Waals surface area (Å²) in [6.07, 6.45) is 0.113. The molecule has 2 aromatic rings. The highest BCUT2D eigenvalue weighted by molar-refractivity contribution is 5.94. The lowest BCUT2D eigenvalue weighted by Gasteiger charge is -2.06. The zero-order chi connectivity index (χ0) is 15.9. The topological polar surface area (TPSA) is 81.4 Å². The van der Waals surface area contributed by atoms with Crippen molar-refractivity contribution < 1.29 is 18.8 Å². The summed E-state index contributed by atoms with van der Waals surface area (Å²) in [6, 6.07) is 8.83. The number of hydrogen-bond acceptors (Lipinski definition) is 5. The Labute approximate surface area is 128 Å². The third kappa shape index (κ3) is 4.18. The van der Waals surface area contributed by atoms with E-state index in [-0.39, 0.29) is 31.4 Å². The van der Waals surface area contributed by atoms with Crippen LogP contribution in [0.3, 0.4) is 0 Å². The van der Waals surface area contributed by atoms with Gasteiger partial charge in [-0.1, -0.05) is 23.4 Å². The normalized spacial score (nSPS) is 10.3. The van der Waals surface area contributed by atoms with Gasteiger partial charge in [-0.2, -0.15) is 0 Å². The fourth-order valence-corrected chi connectivity index (χ4v) is 1.90. The van der Waals surface area contributed by atoms with Gasteiger partial charge in [-0.25, -0.2) is 0 Å². The summed E-state index contributed by atoms with van der Waals surface area (Å²) in [7, 11) is 0. The van der Waals surface area contributed by atoms with Crippen LogP contribution in [0, 0.1) is 13.8 Å². The largest absolute Gasteiger partial charge is 0.461 e. The highest BCUT2D eigenvalue weighted by atomic mass is 16.5. The SMILES string of the molecule is Cc1noc(C)c1COC(=O)CCNC(=O)c1ccccc1. The van der Waals surface area contributed by atoms with E-state index in [1.54, 1.807) is 38.1 Å². The number of amides is 1. The van der Waals surface area contributed by atoms with Crippen molar-refractivity contribution in [1.82, 2.24) is 10.5 Å². The lowest BCUT2D eigenvalue weighted by Crippen LogP contribution is -2.26. The molecule has 1 amide bonds. The zero-order valence-corrected chi connectivity index (χ0v) is 12.6. The van der Waals surface area contributed by atoms with E-state index in [0.717, 1.165) is 5.56 Å². The molecule has 0 unspecified atom stereocenters. The van der Waals surface area contributed by atoms with E-state index in [0.29, 0.717) is 17.0 Å². The molecule has 22 heavy (non-hydrogen) atoms. The Morgan fingerprint density at radius 1 is 1.23 bits per heavy atom. The van der Waals surface area contributed by atoms with Crippen molar-refractivity contribution in [3.63, 3.8) is 0 Å². The number of rotatable bonds is 6. The van der Waals surface area contributed by atoms with Crippen molar-refractivity contribution >= 4 is 11.9 Å². The second kappa shape index (κ2) is 7.40. The Morgan fingerprint density at radius 3 is 2.59 bits per heavy atom. The lowest BCUT2D eigenvalue weighted by molar-refractivity contribution is -0.144. The van der Waals surface area contributed by atoms with E-state index in [1.807, 2.05) is 6.07 Å². The Morgan fingerprint density at radius 2 is 1.95 bits per heavy atom. The third-order valence-electron chi connectivity index (χ3n) is 3.21. The van der Waals surface area contributed by atoms with Crippen molar-refractivity contribution in [3.8, 4) is 0 Å². The van der Waals surface area contributed by atoms with E-state index in [2.05, 4.69) is 10.5 Å². The molecule has 1 aromatic carbocycles. The van der Waals surface area contributed by atoms with Crippen molar-refractivity contribution in [2.75, 3.05) is 6.54 Å². The molecule has 116 valence electrons. The van der Waals surface area contributed by atoms with Gasteiger partial charge >= 0.3 is 5.97 Å². The van der Waals surface area contributed by atoms with Gasteiger partial charge in [0.15, 0.2) is 0 Å². The number of carbonyl (C=O) groups is 2. The van der Waals surface area contributed by atoms with Crippen molar-refractivity contribution in [2.45, 2.75) is 26.9 Å². The maximum Gasteiger partial charge on any atom is 0.307 e. The lowest BCUT2D eigenvalue weighted by atomic mass is 10.2. The second-order valence-electron chi connectivity index (χ2n) is 4.84. The van der Waals surface area contributed by atoms with Crippen LogP contribution in [0.4, 0.5) is 0 Å². The molecule has 0 atom stereocenters. The van der Waals surface area contributed by atoms with Crippen LogP contribution in [0.1, 0.15) is 33.8 Å². The molecule has 6 nitrogen and oxygen atoms in total. The number of carbonyl (C=O) groups excluding carboxylic acids is 2.